The van der Waals surface area contributed by atoms with Gasteiger partial charge in [0.05, 0.1) is 27.5 Å². The van der Waals surface area contributed by atoms with Gasteiger partial charge in [-0.1, -0.05) is 11.6 Å². The van der Waals surface area contributed by atoms with Crippen LogP contribution in [0.3, 0.4) is 0 Å². The number of benzene rings is 1. The minimum atomic E-state index is -1.08. The number of carbonyl (C=O) groups is 3. The number of aromatic nitrogens is 2. The maximum atomic E-state index is 14.2. The fraction of sp³-hybridized carbons (Fsp3) is 0.393. The average molecular weight is 570 g/mol. The molecule has 1 atom stereocenters. The Morgan fingerprint density at radius 3 is 2.50 bits per heavy atom. The minimum absolute atomic E-state index is 0.00938. The number of rotatable bonds is 6. The predicted molar refractivity (Wildman–Crippen MR) is 147 cm³/mol. The molecule has 0 radical (unpaired) electrons. The van der Waals surface area contributed by atoms with E-state index < -0.39 is 23.7 Å². The van der Waals surface area contributed by atoms with Crippen molar-refractivity contribution in [3.63, 3.8) is 0 Å². The van der Waals surface area contributed by atoms with Crippen molar-refractivity contribution in [3.05, 3.63) is 46.9 Å². The minimum Gasteiger partial charge on any atom is -0.504 e. The third-order valence-electron chi connectivity index (χ3n) is 7.63. The average Bonchev–Trinajstić information content (AvgIpc) is 3.43. The van der Waals surface area contributed by atoms with Crippen LogP contribution in [0.15, 0.2) is 30.5 Å². The highest BCUT2D eigenvalue weighted by atomic mass is 35.5. The molecule has 3 aromatic rings. The quantitative estimate of drug-likeness (QED) is 0.304. The summed E-state index contributed by atoms with van der Waals surface area (Å²) in [6.07, 6.45) is 4.41. The molecule has 3 heterocycles. The molecule has 0 spiro atoms. The summed E-state index contributed by atoms with van der Waals surface area (Å²) >= 11 is 5.97. The van der Waals surface area contributed by atoms with Gasteiger partial charge in [-0.25, -0.2) is 14.2 Å². The highest BCUT2D eigenvalue weighted by Gasteiger charge is 2.35. The highest BCUT2D eigenvalue weighted by Crippen LogP contribution is 2.34. The Labute approximate surface area is 234 Å². The summed E-state index contributed by atoms with van der Waals surface area (Å²) < 4.78 is 14.2. The third-order valence-corrected chi connectivity index (χ3v) is 7.92. The second-order valence-electron chi connectivity index (χ2n) is 10.3. The number of phenols is 1. The molecule has 40 heavy (non-hydrogen) atoms. The van der Waals surface area contributed by atoms with Gasteiger partial charge in [0.2, 0.25) is 5.91 Å². The van der Waals surface area contributed by atoms with Crippen molar-refractivity contribution < 1.29 is 29.0 Å². The van der Waals surface area contributed by atoms with Gasteiger partial charge >= 0.3 is 6.09 Å². The number of carbonyl (C=O) groups excluding carboxylic acids is 2. The predicted octanol–water partition coefficient (Wildman–Crippen LogP) is 4.98. The summed E-state index contributed by atoms with van der Waals surface area (Å²) in [6.45, 7) is 1.82. The van der Waals surface area contributed by atoms with Crippen LogP contribution in [-0.4, -0.2) is 67.5 Å². The van der Waals surface area contributed by atoms with Gasteiger partial charge in [0.15, 0.2) is 17.3 Å². The van der Waals surface area contributed by atoms with E-state index in [0.717, 1.165) is 6.07 Å². The molecule has 4 N–H and O–H groups in total. The van der Waals surface area contributed by atoms with Crippen LogP contribution >= 0.6 is 11.6 Å². The number of hydrogen-bond acceptors (Lipinski definition) is 7. The molecule has 2 aromatic heterocycles. The monoisotopic (exact) mass is 569 g/mol. The Balaban J connectivity index is 1.34. The van der Waals surface area contributed by atoms with Crippen LogP contribution in [0.5, 0.6) is 5.75 Å². The molecule has 1 unspecified atom stereocenters. The molecular weight excluding hydrogens is 541 g/mol. The van der Waals surface area contributed by atoms with E-state index >= 15 is 0 Å². The number of amides is 2. The van der Waals surface area contributed by atoms with Crippen molar-refractivity contribution >= 4 is 46.1 Å². The molecule has 10 nitrogen and oxygen atoms in total. The number of ketones is 1. The summed E-state index contributed by atoms with van der Waals surface area (Å²) in [5.74, 6) is -1.95. The summed E-state index contributed by atoms with van der Waals surface area (Å²) in [7, 11) is 0. The number of likely N-dealkylation sites (tertiary alicyclic amines) is 1. The molecule has 1 aromatic carbocycles. The maximum absolute atomic E-state index is 14.2. The smallest absolute Gasteiger partial charge is 0.407 e. The number of hydrogen-bond donors (Lipinski definition) is 4. The number of Topliss-reactive ketones (excluding diaryl/α,β-unsaturated/α-hetero) is 1. The van der Waals surface area contributed by atoms with E-state index in [0.29, 0.717) is 78.6 Å². The normalized spacial score (nSPS) is 20.9. The lowest BCUT2D eigenvalue weighted by molar-refractivity contribution is -0.125. The standard InChI is InChI=1S/C28H29ClFN5O5/c1-14(36)18-13-31-22-9-8-21(15-11-19(29)26(37)20(30)12-15)34-25(22)24(18)32-16-4-6-17(7-5-16)33-27(38)23-3-2-10-35(23)28(39)40/h8-9,11-13,16-17,23,37H,2-7,10H2,1H3,(H,31,32)(H,33,38)(H,39,40)/t16-,17-,23?. The topological polar surface area (TPSA) is 145 Å². The van der Waals surface area contributed by atoms with Crippen LogP contribution in [0.1, 0.15) is 55.8 Å². The zero-order valence-corrected chi connectivity index (χ0v) is 22.5. The van der Waals surface area contributed by atoms with Gasteiger partial charge in [-0.05, 0) is 69.7 Å². The van der Waals surface area contributed by atoms with Crippen LogP contribution in [0, 0.1) is 5.82 Å². The van der Waals surface area contributed by atoms with Crippen molar-refractivity contribution in [2.45, 2.75) is 63.6 Å². The van der Waals surface area contributed by atoms with Gasteiger partial charge in [0, 0.05) is 30.4 Å². The van der Waals surface area contributed by atoms with Crippen LogP contribution in [0.2, 0.25) is 5.02 Å². The van der Waals surface area contributed by atoms with E-state index in [1.807, 2.05) is 0 Å². The van der Waals surface area contributed by atoms with Crippen LogP contribution in [0.4, 0.5) is 14.9 Å². The molecule has 2 amide bonds. The largest absolute Gasteiger partial charge is 0.504 e. The van der Waals surface area contributed by atoms with Crippen molar-refractivity contribution in [1.82, 2.24) is 20.2 Å². The Morgan fingerprint density at radius 2 is 1.82 bits per heavy atom. The number of aromatic hydroxyl groups is 1. The Hall–Kier alpha value is -3.99. The second kappa shape index (κ2) is 11.2. The molecule has 2 fully saturated rings. The molecular formula is C28H29ClFN5O5. The highest BCUT2D eigenvalue weighted by molar-refractivity contribution is 6.32. The van der Waals surface area contributed by atoms with E-state index in [1.54, 1.807) is 12.1 Å². The van der Waals surface area contributed by atoms with E-state index in [4.69, 9.17) is 16.6 Å². The first kappa shape index (κ1) is 27.6. The number of anilines is 1. The van der Waals surface area contributed by atoms with E-state index in [2.05, 4.69) is 15.6 Å². The van der Waals surface area contributed by atoms with Gasteiger partial charge < -0.3 is 20.8 Å². The van der Waals surface area contributed by atoms with Gasteiger partial charge in [-0.15, -0.1) is 0 Å². The van der Waals surface area contributed by atoms with Crippen molar-refractivity contribution in [2.24, 2.45) is 0 Å². The number of fused-ring (bicyclic) bond motifs is 1. The van der Waals surface area contributed by atoms with Crippen molar-refractivity contribution in [2.75, 3.05) is 11.9 Å². The molecule has 1 saturated heterocycles. The molecule has 12 heteroatoms. The summed E-state index contributed by atoms with van der Waals surface area (Å²) in [6, 6.07) is 5.22. The van der Waals surface area contributed by atoms with E-state index in [1.165, 1.54) is 24.1 Å². The Bertz CT molecular complexity index is 1470. The maximum Gasteiger partial charge on any atom is 0.407 e. The van der Waals surface area contributed by atoms with Gasteiger partial charge in [0.1, 0.15) is 11.6 Å². The van der Waals surface area contributed by atoms with Crippen molar-refractivity contribution in [3.8, 4) is 17.0 Å². The lowest BCUT2D eigenvalue weighted by Crippen LogP contribution is -2.49. The number of nitrogens with one attached hydrogen (secondary N) is 2. The molecule has 5 rings (SSSR count). The van der Waals surface area contributed by atoms with Crippen LogP contribution < -0.4 is 10.6 Å². The molecule has 1 aliphatic heterocycles. The SMILES string of the molecule is CC(=O)c1cnc2ccc(-c3cc(F)c(O)c(Cl)c3)nc2c1N[C@H]1CC[C@H](NC(=O)C2CCCN2C(=O)O)CC1. The lowest BCUT2D eigenvalue weighted by atomic mass is 9.90. The summed E-state index contributed by atoms with van der Waals surface area (Å²) in [5.41, 5.74) is 2.65. The van der Waals surface area contributed by atoms with Crippen molar-refractivity contribution in [1.29, 1.82) is 0 Å². The Kier molecular flexibility index (Phi) is 7.75. The first-order valence-electron chi connectivity index (χ1n) is 13.2. The van der Waals surface area contributed by atoms with Crippen LogP contribution in [-0.2, 0) is 4.79 Å². The number of pyridine rings is 2. The fourth-order valence-electron chi connectivity index (χ4n) is 5.51. The zero-order chi connectivity index (χ0) is 28.6. The molecule has 1 saturated carbocycles. The second-order valence-corrected chi connectivity index (χ2v) is 10.7. The zero-order valence-electron chi connectivity index (χ0n) is 21.8. The lowest BCUT2D eigenvalue weighted by Gasteiger charge is -2.32. The van der Waals surface area contributed by atoms with Gasteiger partial charge in [-0.3, -0.25) is 19.5 Å². The molecule has 2 aliphatic rings. The summed E-state index contributed by atoms with van der Waals surface area (Å²) in [4.78, 5) is 46.9. The fourth-order valence-corrected chi connectivity index (χ4v) is 5.71. The molecule has 210 valence electrons. The third kappa shape index (κ3) is 5.51. The molecule has 1 aliphatic carbocycles. The van der Waals surface area contributed by atoms with Crippen LogP contribution in [0.25, 0.3) is 22.3 Å². The van der Waals surface area contributed by atoms with E-state index in [9.17, 15) is 29.0 Å². The van der Waals surface area contributed by atoms with Gasteiger partial charge in [-0.2, -0.15) is 0 Å². The van der Waals surface area contributed by atoms with Gasteiger partial charge in [0.25, 0.3) is 0 Å². The number of halogens is 2. The number of phenolic OH excluding ortho intramolecular Hbond substituents is 1. The summed E-state index contributed by atoms with van der Waals surface area (Å²) in [5, 5.41) is 25.4. The first-order valence-corrected chi connectivity index (χ1v) is 13.6. The number of carboxylic acid groups (broad SMARTS) is 1. The van der Waals surface area contributed by atoms with E-state index in [-0.39, 0.29) is 28.8 Å². The molecule has 0 bridgehead atoms. The number of nitrogens with zero attached hydrogens (tertiary/aromatic N) is 3. The Morgan fingerprint density at radius 1 is 1.10 bits per heavy atom. The first-order chi connectivity index (χ1) is 19.1.